The molecule has 0 fully saturated rings. The Bertz CT molecular complexity index is 316. The number of nitrogens with one attached hydrogen (secondary N) is 1. The van der Waals surface area contributed by atoms with Gasteiger partial charge in [0.25, 0.3) is 5.91 Å². The SMILES string of the molecule is CC.NNC(=O)c1ccc(Cl)cc1Cl. The monoisotopic (exact) mass is 234 g/mol. The molecule has 0 atom stereocenters. The van der Waals surface area contributed by atoms with E-state index in [0.29, 0.717) is 10.6 Å². The normalized spacial score (nSPS) is 8.64. The van der Waals surface area contributed by atoms with Gasteiger partial charge >= 0.3 is 0 Å². The van der Waals surface area contributed by atoms with Crippen LogP contribution in [0.25, 0.3) is 0 Å². The van der Waals surface area contributed by atoms with E-state index in [1.807, 2.05) is 19.3 Å². The van der Waals surface area contributed by atoms with Crippen LogP contribution < -0.4 is 11.3 Å². The van der Waals surface area contributed by atoms with Crippen molar-refractivity contribution in [1.29, 1.82) is 0 Å². The van der Waals surface area contributed by atoms with Crippen LogP contribution in [0.15, 0.2) is 18.2 Å². The number of amides is 1. The van der Waals surface area contributed by atoms with E-state index in [4.69, 9.17) is 29.0 Å². The summed E-state index contributed by atoms with van der Waals surface area (Å²) in [6, 6.07) is 4.55. The van der Waals surface area contributed by atoms with E-state index >= 15 is 0 Å². The molecule has 0 bridgehead atoms. The molecule has 1 rings (SSSR count). The van der Waals surface area contributed by atoms with E-state index in [-0.39, 0.29) is 5.02 Å². The van der Waals surface area contributed by atoms with Crippen LogP contribution in [-0.2, 0) is 0 Å². The van der Waals surface area contributed by atoms with Crippen molar-refractivity contribution in [3.05, 3.63) is 33.8 Å². The van der Waals surface area contributed by atoms with Crippen molar-refractivity contribution in [2.75, 3.05) is 0 Å². The second-order valence-corrected chi connectivity index (χ2v) is 2.94. The maximum Gasteiger partial charge on any atom is 0.266 e. The van der Waals surface area contributed by atoms with Crippen LogP contribution in [0.2, 0.25) is 10.0 Å². The van der Waals surface area contributed by atoms with Gasteiger partial charge in [0.2, 0.25) is 0 Å². The number of nitrogen functional groups attached to an aromatic ring is 1. The molecule has 0 aromatic heterocycles. The lowest BCUT2D eigenvalue weighted by atomic mass is 10.2. The van der Waals surface area contributed by atoms with E-state index in [9.17, 15) is 4.79 Å². The topological polar surface area (TPSA) is 55.1 Å². The highest BCUT2D eigenvalue weighted by atomic mass is 35.5. The molecule has 1 aromatic rings. The van der Waals surface area contributed by atoms with Gasteiger partial charge in [-0.25, -0.2) is 5.84 Å². The second-order valence-electron chi connectivity index (χ2n) is 2.10. The number of carbonyl (C=O) groups excluding carboxylic acids is 1. The molecule has 0 spiro atoms. The van der Waals surface area contributed by atoms with Gasteiger partial charge in [0.15, 0.2) is 0 Å². The largest absolute Gasteiger partial charge is 0.290 e. The number of benzene rings is 1. The molecule has 3 N–H and O–H groups in total. The molecule has 0 heterocycles. The van der Waals surface area contributed by atoms with Crippen LogP contribution in [-0.4, -0.2) is 5.91 Å². The molecular weight excluding hydrogens is 223 g/mol. The van der Waals surface area contributed by atoms with E-state index in [2.05, 4.69) is 0 Å². The fourth-order valence-corrected chi connectivity index (χ4v) is 1.25. The summed E-state index contributed by atoms with van der Waals surface area (Å²) in [5.41, 5.74) is 2.28. The lowest BCUT2D eigenvalue weighted by Crippen LogP contribution is -2.30. The quantitative estimate of drug-likeness (QED) is 0.446. The fraction of sp³-hybridized carbons (Fsp3) is 0.222. The molecule has 1 amide bonds. The Morgan fingerprint density at radius 3 is 2.36 bits per heavy atom. The summed E-state index contributed by atoms with van der Waals surface area (Å²) in [6.07, 6.45) is 0. The van der Waals surface area contributed by atoms with Gasteiger partial charge in [-0.05, 0) is 18.2 Å². The van der Waals surface area contributed by atoms with E-state index in [1.165, 1.54) is 12.1 Å². The third-order valence-electron chi connectivity index (χ3n) is 1.31. The molecule has 0 unspecified atom stereocenters. The molecule has 14 heavy (non-hydrogen) atoms. The van der Waals surface area contributed by atoms with Crippen molar-refractivity contribution in [1.82, 2.24) is 5.43 Å². The minimum absolute atomic E-state index is 0.283. The van der Waals surface area contributed by atoms with E-state index in [1.54, 1.807) is 6.07 Å². The van der Waals surface area contributed by atoms with Crippen molar-refractivity contribution >= 4 is 29.1 Å². The number of carbonyl (C=O) groups is 1. The molecule has 0 saturated carbocycles. The Morgan fingerprint density at radius 1 is 1.36 bits per heavy atom. The van der Waals surface area contributed by atoms with Crippen LogP contribution in [0.3, 0.4) is 0 Å². The van der Waals surface area contributed by atoms with Gasteiger partial charge in [0, 0.05) is 5.02 Å². The zero-order chi connectivity index (χ0) is 11.1. The Labute approximate surface area is 93.2 Å². The Morgan fingerprint density at radius 2 is 1.93 bits per heavy atom. The van der Waals surface area contributed by atoms with Gasteiger partial charge in [-0.15, -0.1) is 0 Å². The Kier molecular flexibility index (Phi) is 6.28. The Hall–Kier alpha value is -0.770. The predicted molar refractivity (Wildman–Crippen MR) is 59.5 cm³/mol. The standard InChI is InChI=1S/C7H6Cl2N2O.C2H6/c8-4-1-2-5(6(9)3-4)7(12)11-10;1-2/h1-3H,10H2,(H,11,12);1-2H3. The van der Waals surface area contributed by atoms with Crippen LogP contribution in [0.5, 0.6) is 0 Å². The molecule has 0 aliphatic rings. The minimum atomic E-state index is -0.434. The predicted octanol–water partition coefficient (Wildman–Crippen LogP) is 2.62. The highest BCUT2D eigenvalue weighted by molar-refractivity contribution is 6.36. The molecule has 78 valence electrons. The average Bonchev–Trinajstić information content (AvgIpc) is 2.20. The number of halogens is 2. The van der Waals surface area contributed by atoms with Gasteiger partial charge in [0.05, 0.1) is 10.6 Å². The van der Waals surface area contributed by atoms with Crippen LogP contribution in [0, 0.1) is 0 Å². The Balaban J connectivity index is 0.000000791. The molecule has 5 heteroatoms. The first-order valence-corrected chi connectivity index (χ1v) is 4.86. The number of rotatable bonds is 1. The number of hydrogen-bond donors (Lipinski definition) is 2. The van der Waals surface area contributed by atoms with E-state index < -0.39 is 5.91 Å². The third-order valence-corrected chi connectivity index (χ3v) is 1.85. The lowest BCUT2D eigenvalue weighted by Gasteiger charge is -2.01. The van der Waals surface area contributed by atoms with Gasteiger partial charge in [-0.3, -0.25) is 10.2 Å². The van der Waals surface area contributed by atoms with Gasteiger partial charge in [-0.2, -0.15) is 0 Å². The first-order valence-electron chi connectivity index (χ1n) is 4.11. The summed E-state index contributed by atoms with van der Waals surface area (Å²) in [4.78, 5) is 11.0. The maximum atomic E-state index is 11.0. The molecule has 0 saturated heterocycles. The summed E-state index contributed by atoms with van der Waals surface area (Å²) in [5.74, 6) is 4.49. The van der Waals surface area contributed by atoms with Crippen molar-refractivity contribution < 1.29 is 4.79 Å². The van der Waals surface area contributed by atoms with Gasteiger partial charge in [0.1, 0.15) is 0 Å². The summed E-state index contributed by atoms with van der Waals surface area (Å²) >= 11 is 11.3. The van der Waals surface area contributed by atoms with E-state index in [0.717, 1.165) is 0 Å². The molecule has 1 aromatic carbocycles. The van der Waals surface area contributed by atoms with Crippen LogP contribution in [0.4, 0.5) is 0 Å². The van der Waals surface area contributed by atoms with Crippen molar-refractivity contribution in [3.63, 3.8) is 0 Å². The lowest BCUT2D eigenvalue weighted by molar-refractivity contribution is 0.0954. The minimum Gasteiger partial charge on any atom is -0.290 e. The first kappa shape index (κ1) is 13.2. The first-order chi connectivity index (χ1) is 6.65. The summed E-state index contributed by atoms with van der Waals surface area (Å²) in [5, 5.41) is 0.763. The highest BCUT2D eigenvalue weighted by Crippen LogP contribution is 2.20. The van der Waals surface area contributed by atoms with Crippen molar-refractivity contribution in [3.8, 4) is 0 Å². The average molecular weight is 235 g/mol. The molecule has 0 aliphatic carbocycles. The highest BCUT2D eigenvalue weighted by Gasteiger charge is 2.07. The smallest absolute Gasteiger partial charge is 0.266 e. The van der Waals surface area contributed by atoms with Crippen LogP contribution >= 0.6 is 23.2 Å². The summed E-state index contributed by atoms with van der Waals surface area (Å²) in [6.45, 7) is 4.00. The summed E-state index contributed by atoms with van der Waals surface area (Å²) in [7, 11) is 0. The number of hydrogen-bond acceptors (Lipinski definition) is 2. The third kappa shape index (κ3) is 3.54. The number of nitrogens with two attached hydrogens (primary N) is 1. The van der Waals surface area contributed by atoms with Gasteiger partial charge < -0.3 is 0 Å². The summed E-state index contributed by atoms with van der Waals surface area (Å²) < 4.78 is 0. The zero-order valence-electron chi connectivity index (χ0n) is 7.97. The second kappa shape index (κ2) is 6.65. The molecule has 3 nitrogen and oxygen atoms in total. The maximum absolute atomic E-state index is 11.0. The number of hydrazine groups is 1. The van der Waals surface area contributed by atoms with Gasteiger partial charge in [-0.1, -0.05) is 37.0 Å². The van der Waals surface area contributed by atoms with Crippen molar-refractivity contribution in [2.24, 2.45) is 5.84 Å². The fourth-order valence-electron chi connectivity index (χ4n) is 0.751. The zero-order valence-corrected chi connectivity index (χ0v) is 9.49. The van der Waals surface area contributed by atoms with Crippen LogP contribution in [0.1, 0.15) is 24.2 Å². The molecular formula is C9H12Cl2N2O. The molecule has 0 radical (unpaired) electrons. The molecule has 0 aliphatic heterocycles. The van der Waals surface area contributed by atoms with Crippen molar-refractivity contribution in [2.45, 2.75) is 13.8 Å².